The molecule has 2 aliphatic rings. The van der Waals surface area contributed by atoms with Crippen molar-refractivity contribution in [2.75, 3.05) is 5.32 Å². The Bertz CT molecular complexity index is 784. The number of nitrogens with zero attached hydrogens (tertiary/aromatic N) is 2. The summed E-state index contributed by atoms with van der Waals surface area (Å²) in [5, 5.41) is 8.84. The highest BCUT2D eigenvalue weighted by Gasteiger charge is 2.37. The first-order chi connectivity index (χ1) is 14.1. The van der Waals surface area contributed by atoms with Gasteiger partial charge in [-0.15, -0.1) is 0 Å². The molecule has 0 aromatic carbocycles. The molecule has 0 spiro atoms. The maximum Gasteiger partial charge on any atom is 0.293 e. The highest BCUT2D eigenvalue weighted by molar-refractivity contribution is 6.41. The molecule has 2 aliphatic carbocycles. The van der Waals surface area contributed by atoms with Gasteiger partial charge in [0.05, 0.1) is 0 Å². The van der Waals surface area contributed by atoms with Gasteiger partial charge in [-0.2, -0.15) is 5.10 Å². The quantitative estimate of drug-likeness (QED) is 0.569. The van der Waals surface area contributed by atoms with E-state index < -0.39 is 23.5 Å². The van der Waals surface area contributed by atoms with Crippen LogP contribution in [0, 0.1) is 5.92 Å². The number of carbonyl (C=O) groups is 4. The number of carbonyl (C=O) groups excluding carboxylic acids is 4. The van der Waals surface area contributed by atoms with E-state index in [1.165, 1.54) is 6.92 Å². The van der Waals surface area contributed by atoms with Crippen molar-refractivity contribution in [2.24, 2.45) is 18.7 Å². The lowest BCUT2D eigenvalue weighted by molar-refractivity contribution is -0.138. The summed E-state index contributed by atoms with van der Waals surface area (Å²) in [7, 11) is 1.75. The summed E-state index contributed by atoms with van der Waals surface area (Å²) >= 11 is 0. The van der Waals surface area contributed by atoms with E-state index >= 15 is 0 Å². The maximum absolute atomic E-state index is 14.0. The molecule has 3 amide bonds. The molecule has 4 N–H and O–H groups in total. The number of nitrogens with one attached hydrogen (secondary N) is 2. The van der Waals surface area contributed by atoms with Crippen LogP contribution in [0.15, 0.2) is 12.3 Å². The lowest BCUT2D eigenvalue weighted by atomic mass is 9.82. The number of rotatable bonds is 7. The van der Waals surface area contributed by atoms with Crippen LogP contribution >= 0.6 is 0 Å². The molecule has 1 aromatic heterocycles. The van der Waals surface area contributed by atoms with Crippen molar-refractivity contribution < 1.29 is 23.6 Å². The van der Waals surface area contributed by atoms with Crippen molar-refractivity contribution in [3.8, 4) is 0 Å². The zero-order chi connectivity index (χ0) is 22.3. The third-order valence-electron chi connectivity index (χ3n) is 5.45. The Kier molecular flexibility index (Phi) is 8.08. The fourth-order valence-corrected chi connectivity index (χ4v) is 3.56. The second kappa shape index (κ2) is 10.3. The molecule has 1 atom stereocenters. The number of nitrogens with two attached hydrogens (primary N) is 1. The first-order valence-electron chi connectivity index (χ1n) is 10.2. The van der Waals surface area contributed by atoms with Crippen LogP contribution in [0.2, 0.25) is 0 Å². The van der Waals surface area contributed by atoms with Crippen molar-refractivity contribution in [3.05, 3.63) is 12.3 Å². The number of hydrogen-bond acceptors (Lipinski definition) is 5. The van der Waals surface area contributed by atoms with Gasteiger partial charge in [0.1, 0.15) is 11.7 Å². The van der Waals surface area contributed by atoms with E-state index in [1.54, 1.807) is 24.0 Å². The van der Waals surface area contributed by atoms with Crippen LogP contribution < -0.4 is 16.4 Å². The predicted molar refractivity (Wildman–Crippen MR) is 108 cm³/mol. The Hall–Kier alpha value is -2.78. The second-order valence-corrected chi connectivity index (χ2v) is 8.04. The van der Waals surface area contributed by atoms with Crippen molar-refractivity contribution in [1.29, 1.82) is 0 Å². The van der Waals surface area contributed by atoms with Gasteiger partial charge in [0.15, 0.2) is 5.82 Å². The predicted octanol–water partition coefficient (Wildman–Crippen LogP) is 1.38. The number of amides is 3. The minimum atomic E-state index is -1.33. The van der Waals surface area contributed by atoms with Crippen LogP contribution in [-0.2, 0) is 26.2 Å². The van der Waals surface area contributed by atoms with Crippen LogP contribution in [0.3, 0.4) is 0 Å². The summed E-state index contributed by atoms with van der Waals surface area (Å²) < 4.78 is 15.6. The van der Waals surface area contributed by atoms with Gasteiger partial charge in [0.25, 0.3) is 5.91 Å². The lowest BCUT2D eigenvalue weighted by Crippen LogP contribution is -2.47. The number of primary amides is 1. The number of Topliss-reactive ketones (excluding diaryl/α,β-unsaturated/α-hetero) is 1. The highest BCUT2D eigenvalue weighted by Crippen LogP contribution is 2.37. The number of aryl methyl sites for hydroxylation is 1. The molecule has 0 radical (unpaired) electrons. The SMILES string of the molecule is CC(=O)NC(CC1(F)CCCC1)C(N)=O.Cn1ccc(NC(=O)C(=O)C2CCC2)n1. The van der Waals surface area contributed by atoms with E-state index in [0.717, 1.165) is 32.1 Å². The molecule has 1 aromatic rings. The number of anilines is 1. The molecule has 2 fully saturated rings. The number of ketones is 1. The minimum absolute atomic E-state index is 0.00190. The molecular weight excluding hydrogens is 393 g/mol. The summed E-state index contributed by atoms with van der Waals surface area (Å²) in [6.07, 6.45) is 7.03. The van der Waals surface area contributed by atoms with Gasteiger partial charge in [0.2, 0.25) is 17.6 Å². The Balaban J connectivity index is 0.000000214. The van der Waals surface area contributed by atoms with E-state index in [0.29, 0.717) is 18.7 Å². The molecule has 0 saturated heterocycles. The van der Waals surface area contributed by atoms with Crippen LogP contribution in [0.5, 0.6) is 0 Å². The Morgan fingerprint density at radius 3 is 2.33 bits per heavy atom. The first-order valence-corrected chi connectivity index (χ1v) is 10.2. The number of aromatic nitrogens is 2. The first kappa shape index (κ1) is 23.5. The molecule has 166 valence electrons. The molecular formula is C20H30FN5O4. The normalized spacial score (nSPS) is 18.4. The van der Waals surface area contributed by atoms with Gasteiger partial charge in [-0.1, -0.05) is 19.3 Å². The summed E-state index contributed by atoms with van der Waals surface area (Å²) in [5.74, 6) is -1.52. The van der Waals surface area contributed by atoms with Crippen molar-refractivity contribution in [3.63, 3.8) is 0 Å². The molecule has 2 saturated carbocycles. The lowest BCUT2D eigenvalue weighted by Gasteiger charge is -2.24. The largest absolute Gasteiger partial charge is 0.368 e. The Labute approximate surface area is 174 Å². The van der Waals surface area contributed by atoms with E-state index in [9.17, 15) is 23.6 Å². The van der Waals surface area contributed by atoms with Crippen molar-refractivity contribution >= 4 is 29.3 Å². The van der Waals surface area contributed by atoms with Gasteiger partial charge >= 0.3 is 0 Å². The number of halogens is 1. The standard InChI is InChI=1S/C10H17FN2O2.C10H13N3O2/c1-7(14)13-8(9(12)15)6-10(11)4-2-3-5-10;1-13-6-5-8(12-13)11-10(15)9(14)7-3-2-4-7/h8H,2-6H2,1H3,(H2,12,15)(H,13,14);5-7H,2-4H2,1H3,(H,11,12,15). The fraction of sp³-hybridized carbons (Fsp3) is 0.650. The molecule has 0 bridgehead atoms. The smallest absolute Gasteiger partial charge is 0.293 e. The average molecular weight is 423 g/mol. The van der Waals surface area contributed by atoms with E-state index in [4.69, 9.17) is 5.73 Å². The number of alkyl halides is 1. The van der Waals surface area contributed by atoms with E-state index in [-0.39, 0.29) is 24.0 Å². The topological polar surface area (TPSA) is 136 Å². The zero-order valence-electron chi connectivity index (χ0n) is 17.4. The summed E-state index contributed by atoms with van der Waals surface area (Å²) in [6, 6.07) is 0.775. The molecule has 30 heavy (non-hydrogen) atoms. The highest BCUT2D eigenvalue weighted by atomic mass is 19.1. The zero-order valence-corrected chi connectivity index (χ0v) is 17.4. The van der Waals surface area contributed by atoms with E-state index in [2.05, 4.69) is 15.7 Å². The fourth-order valence-electron chi connectivity index (χ4n) is 3.56. The van der Waals surface area contributed by atoms with Crippen molar-refractivity contribution in [1.82, 2.24) is 15.1 Å². The maximum atomic E-state index is 14.0. The third kappa shape index (κ3) is 6.93. The van der Waals surface area contributed by atoms with Crippen molar-refractivity contribution in [2.45, 2.75) is 70.0 Å². The van der Waals surface area contributed by atoms with E-state index in [1.807, 2.05) is 0 Å². The van der Waals surface area contributed by atoms with Gasteiger partial charge < -0.3 is 16.4 Å². The molecule has 1 unspecified atom stereocenters. The van der Waals surface area contributed by atoms with Gasteiger partial charge in [-0.3, -0.25) is 23.9 Å². The Morgan fingerprint density at radius 2 is 1.90 bits per heavy atom. The third-order valence-corrected chi connectivity index (χ3v) is 5.45. The van der Waals surface area contributed by atoms with Crippen LogP contribution in [0.4, 0.5) is 10.2 Å². The second-order valence-electron chi connectivity index (χ2n) is 8.04. The molecule has 0 aliphatic heterocycles. The van der Waals surface area contributed by atoms with Crippen LogP contribution in [0.25, 0.3) is 0 Å². The Morgan fingerprint density at radius 1 is 1.27 bits per heavy atom. The summed E-state index contributed by atoms with van der Waals surface area (Å²) in [6.45, 7) is 1.29. The monoisotopic (exact) mass is 423 g/mol. The van der Waals surface area contributed by atoms with Crippen LogP contribution in [-0.4, -0.2) is 45.0 Å². The average Bonchev–Trinajstić information content (AvgIpc) is 3.21. The summed E-state index contributed by atoms with van der Waals surface area (Å²) in [5.41, 5.74) is 3.77. The van der Waals surface area contributed by atoms with Gasteiger partial charge in [0, 0.05) is 38.6 Å². The van der Waals surface area contributed by atoms with Crippen LogP contribution in [0.1, 0.15) is 58.3 Å². The molecule has 1 heterocycles. The minimum Gasteiger partial charge on any atom is -0.368 e. The van der Waals surface area contributed by atoms with Gasteiger partial charge in [-0.25, -0.2) is 4.39 Å². The molecule has 10 heteroatoms. The molecule has 9 nitrogen and oxygen atoms in total. The van der Waals surface area contributed by atoms with Gasteiger partial charge in [-0.05, 0) is 25.7 Å². The summed E-state index contributed by atoms with van der Waals surface area (Å²) in [4.78, 5) is 44.7. The number of hydrogen-bond donors (Lipinski definition) is 3. The molecule has 3 rings (SSSR count).